The highest BCUT2D eigenvalue weighted by Crippen LogP contribution is 2.18. The van der Waals surface area contributed by atoms with Crippen molar-refractivity contribution in [2.24, 2.45) is 5.92 Å². The van der Waals surface area contributed by atoms with Gasteiger partial charge in [0.25, 0.3) is 0 Å². The number of benzene rings is 1. The molecule has 102 valence electrons. The molecule has 1 aromatic carbocycles. The van der Waals surface area contributed by atoms with Gasteiger partial charge in [0, 0.05) is 17.0 Å². The van der Waals surface area contributed by atoms with E-state index in [9.17, 15) is 4.79 Å². The third-order valence-corrected chi connectivity index (χ3v) is 3.69. The molecule has 1 aliphatic rings. The molecule has 0 saturated heterocycles. The van der Waals surface area contributed by atoms with Gasteiger partial charge in [0.1, 0.15) is 0 Å². The molecule has 0 radical (unpaired) electrons. The van der Waals surface area contributed by atoms with Gasteiger partial charge in [-0.3, -0.25) is 4.79 Å². The van der Waals surface area contributed by atoms with Crippen LogP contribution in [0.15, 0.2) is 36.4 Å². The number of nitrogens with one attached hydrogen (secondary N) is 1. The molecule has 0 unspecified atom stereocenters. The van der Waals surface area contributed by atoms with Crippen molar-refractivity contribution in [3.8, 4) is 0 Å². The molecule has 0 spiro atoms. The minimum atomic E-state index is 0.136. The van der Waals surface area contributed by atoms with E-state index in [1.165, 1.54) is 0 Å². The largest absolute Gasteiger partial charge is 0.353 e. The number of carbonyl (C=O) groups excluding carboxylic acids is 1. The quantitative estimate of drug-likeness (QED) is 0.835. The summed E-state index contributed by atoms with van der Waals surface area (Å²) in [5.74, 6) is 0.325. The van der Waals surface area contributed by atoms with Crippen LogP contribution in [0, 0.1) is 5.92 Å². The van der Waals surface area contributed by atoms with E-state index in [4.69, 9.17) is 11.6 Å². The van der Waals surface area contributed by atoms with Gasteiger partial charge in [0.15, 0.2) is 0 Å². The Kier molecular flexibility index (Phi) is 5.03. The molecule has 0 fully saturated rings. The van der Waals surface area contributed by atoms with Crippen LogP contribution in [0.25, 0.3) is 0 Å². The van der Waals surface area contributed by atoms with E-state index in [1.807, 2.05) is 31.2 Å². The summed E-state index contributed by atoms with van der Waals surface area (Å²) in [6.45, 7) is 2.04. The molecule has 1 aromatic rings. The van der Waals surface area contributed by atoms with Crippen molar-refractivity contribution in [1.29, 1.82) is 0 Å². The maximum absolute atomic E-state index is 12.1. The van der Waals surface area contributed by atoms with Gasteiger partial charge in [-0.05, 0) is 50.3 Å². The number of hydrogen-bond donors (Lipinski definition) is 1. The smallest absolute Gasteiger partial charge is 0.223 e. The van der Waals surface area contributed by atoms with Crippen molar-refractivity contribution in [3.05, 3.63) is 47.0 Å². The van der Waals surface area contributed by atoms with Gasteiger partial charge in [0.05, 0.1) is 0 Å². The first-order valence-corrected chi connectivity index (χ1v) is 7.23. The number of amides is 1. The van der Waals surface area contributed by atoms with Crippen molar-refractivity contribution in [2.75, 3.05) is 0 Å². The number of halogens is 1. The average Bonchev–Trinajstić information content (AvgIpc) is 2.39. The van der Waals surface area contributed by atoms with Crippen molar-refractivity contribution in [3.63, 3.8) is 0 Å². The molecular formula is C16H20ClNO. The monoisotopic (exact) mass is 277 g/mol. The van der Waals surface area contributed by atoms with Gasteiger partial charge in [0.2, 0.25) is 5.91 Å². The molecule has 1 aliphatic carbocycles. The summed E-state index contributed by atoms with van der Waals surface area (Å²) < 4.78 is 0. The molecule has 1 N–H and O–H groups in total. The van der Waals surface area contributed by atoms with E-state index >= 15 is 0 Å². The van der Waals surface area contributed by atoms with Gasteiger partial charge in [-0.25, -0.2) is 0 Å². The molecule has 0 saturated carbocycles. The Morgan fingerprint density at radius 3 is 3.00 bits per heavy atom. The van der Waals surface area contributed by atoms with Crippen LogP contribution in [0.2, 0.25) is 5.02 Å². The zero-order chi connectivity index (χ0) is 13.7. The summed E-state index contributed by atoms with van der Waals surface area (Å²) in [7, 11) is 0. The van der Waals surface area contributed by atoms with Crippen molar-refractivity contribution < 1.29 is 4.79 Å². The van der Waals surface area contributed by atoms with Crippen LogP contribution in [0.4, 0.5) is 0 Å². The Morgan fingerprint density at radius 2 is 2.32 bits per heavy atom. The summed E-state index contributed by atoms with van der Waals surface area (Å²) in [4.78, 5) is 12.1. The van der Waals surface area contributed by atoms with E-state index in [1.54, 1.807) is 0 Å². The lowest BCUT2D eigenvalue weighted by atomic mass is 9.93. The highest BCUT2D eigenvalue weighted by Gasteiger charge is 2.20. The molecule has 0 bridgehead atoms. The van der Waals surface area contributed by atoms with Crippen LogP contribution in [-0.4, -0.2) is 11.9 Å². The molecule has 2 nitrogen and oxygen atoms in total. The number of rotatable bonds is 4. The summed E-state index contributed by atoms with van der Waals surface area (Å²) in [6, 6.07) is 7.93. The number of hydrogen-bond acceptors (Lipinski definition) is 1. The lowest BCUT2D eigenvalue weighted by Crippen LogP contribution is -2.38. The Bertz CT molecular complexity index is 470. The minimum absolute atomic E-state index is 0.136. The van der Waals surface area contributed by atoms with Crippen LogP contribution in [0.1, 0.15) is 31.7 Å². The molecule has 19 heavy (non-hydrogen) atoms. The average molecular weight is 278 g/mol. The van der Waals surface area contributed by atoms with E-state index in [0.29, 0.717) is 0 Å². The van der Waals surface area contributed by atoms with E-state index in [-0.39, 0.29) is 17.9 Å². The van der Waals surface area contributed by atoms with Gasteiger partial charge in [-0.15, -0.1) is 0 Å². The van der Waals surface area contributed by atoms with Crippen LogP contribution >= 0.6 is 11.6 Å². The lowest BCUT2D eigenvalue weighted by Gasteiger charge is -2.21. The molecule has 1 amide bonds. The van der Waals surface area contributed by atoms with E-state index < -0.39 is 0 Å². The topological polar surface area (TPSA) is 29.1 Å². The highest BCUT2D eigenvalue weighted by atomic mass is 35.5. The van der Waals surface area contributed by atoms with Crippen molar-refractivity contribution >= 4 is 17.5 Å². The Labute approximate surface area is 119 Å². The first kappa shape index (κ1) is 14.1. The minimum Gasteiger partial charge on any atom is -0.353 e. The third kappa shape index (κ3) is 4.39. The SMILES string of the molecule is C[C@@H](Cc1cccc(Cl)c1)NC(=O)[C@H]1CC=CCC1. The summed E-state index contributed by atoms with van der Waals surface area (Å²) in [5, 5.41) is 3.85. The molecule has 3 heteroatoms. The predicted octanol–water partition coefficient (Wildman–Crippen LogP) is 3.74. The van der Waals surface area contributed by atoms with E-state index in [2.05, 4.69) is 17.5 Å². The molecule has 0 aromatic heterocycles. The Balaban J connectivity index is 1.85. The maximum Gasteiger partial charge on any atom is 0.223 e. The molecule has 2 rings (SSSR count). The van der Waals surface area contributed by atoms with Gasteiger partial charge in [-0.2, -0.15) is 0 Å². The second kappa shape index (κ2) is 6.76. The van der Waals surface area contributed by atoms with Gasteiger partial charge in [-0.1, -0.05) is 35.9 Å². The molecule has 0 aliphatic heterocycles. The van der Waals surface area contributed by atoms with E-state index in [0.717, 1.165) is 36.3 Å². The maximum atomic E-state index is 12.1. The lowest BCUT2D eigenvalue weighted by molar-refractivity contribution is -0.125. The van der Waals surface area contributed by atoms with Crippen LogP contribution < -0.4 is 5.32 Å². The number of carbonyl (C=O) groups is 1. The zero-order valence-electron chi connectivity index (χ0n) is 11.2. The first-order chi connectivity index (χ1) is 9.15. The van der Waals surface area contributed by atoms with Crippen LogP contribution in [0.3, 0.4) is 0 Å². The number of allylic oxidation sites excluding steroid dienone is 2. The summed E-state index contributed by atoms with van der Waals surface area (Å²) in [5.41, 5.74) is 1.16. The summed E-state index contributed by atoms with van der Waals surface area (Å²) >= 11 is 5.96. The van der Waals surface area contributed by atoms with Gasteiger partial charge < -0.3 is 5.32 Å². The normalized spacial score (nSPS) is 20.0. The van der Waals surface area contributed by atoms with Crippen LogP contribution in [-0.2, 0) is 11.2 Å². The van der Waals surface area contributed by atoms with Gasteiger partial charge >= 0.3 is 0 Å². The molecule has 0 heterocycles. The van der Waals surface area contributed by atoms with Crippen molar-refractivity contribution in [1.82, 2.24) is 5.32 Å². The predicted molar refractivity (Wildman–Crippen MR) is 79.2 cm³/mol. The summed E-state index contributed by atoms with van der Waals surface area (Å²) in [6.07, 6.45) is 7.92. The highest BCUT2D eigenvalue weighted by molar-refractivity contribution is 6.30. The second-order valence-corrected chi connectivity index (χ2v) is 5.66. The fourth-order valence-electron chi connectivity index (χ4n) is 2.46. The first-order valence-electron chi connectivity index (χ1n) is 6.85. The van der Waals surface area contributed by atoms with Crippen molar-refractivity contribution in [2.45, 2.75) is 38.6 Å². The Morgan fingerprint density at radius 1 is 1.47 bits per heavy atom. The fraction of sp³-hybridized carbons (Fsp3) is 0.438. The second-order valence-electron chi connectivity index (χ2n) is 5.23. The van der Waals surface area contributed by atoms with Crippen LogP contribution in [0.5, 0.6) is 0 Å². The Hall–Kier alpha value is -1.28. The molecular weight excluding hydrogens is 258 g/mol. The third-order valence-electron chi connectivity index (χ3n) is 3.46. The molecule has 2 atom stereocenters. The zero-order valence-corrected chi connectivity index (χ0v) is 12.0. The fourth-order valence-corrected chi connectivity index (χ4v) is 2.67. The standard InChI is InChI=1S/C16H20ClNO/c1-12(10-13-6-5-9-15(17)11-13)18-16(19)14-7-3-2-4-8-14/h2-3,5-6,9,11-12,14H,4,7-8,10H2,1H3,(H,18,19)/t12-,14-/m0/s1.